The molecule has 112 valence electrons. The molecule has 0 aliphatic carbocycles. The molecule has 0 amide bonds. The van der Waals surface area contributed by atoms with Crippen molar-refractivity contribution < 1.29 is 4.74 Å². The van der Waals surface area contributed by atoms with Crippen LogP contribution in [-0.4, -0.2) is 12.1 Å². The van der Waals surface area contributed by atoms with E-state index in [0.29, 0.717) is 6.54 Å². The van der Waals surface area contributed by atoms with Gasteiger partial charge in [0.1, 0.15) is 11.4 Å². The van der Waals surface area contributed by atoms with Gasteiger partial charge in [-0.1, -0.05) is 24.3 Å². The lowest BCUT2D eigenvalue weighted by Gasteiger charge is -2.22. The summed E-state index contributed by atoms with van der Waals surface area (Å²) in [4.78, 5) is 1.32. The molecule has 1 atom stereocenters. The largest absolute Gasteiger partial charge is 0.487 e. The van der Waals surface area contributed by atoms with Crippen LogP contribution in [0.4, 0.5) is 0 Å². The fourth-order valence-corrected chi connectivity index (χ4v) is 3.53. The lowest BCUT2D eigenvalue weighted by atomic mass is 9.98. The normalized spacial score (nSPS) is 17.3. The van der Waals surface area contributed by atoms with Crippen molar-refractivity contribution in [3.63, 3.8) is 0 Å². The minimum atomic E-state index is -0.120. The highest BCUT2D eigenvalue weighted by molar-refractivity contribution is 7.09. The second-order valence-corrected chi connectivity index (χ2v) is 7.15. The topological polar surface area (TPSA) is 47.3 Å². The number of benzene rings is 1. The molecule has 4 heteroatoms. The van der Waals surface area contributed by atoms with Crippen molar-refractivity contribution in [2.24, 2.45) is 5.73 Å². The van der Waals surface area contributed by atoms with Gasteiger partial charge in [0.25, 0.3) is 0 Å². The van der Waals surface area contributed by atoms with Crippen LogP contribution < -0.4 is 15.8 Å². The van der Waals surface area contributed by atoms with E-state index in [1.807, 2.05) is 0 Å². The number of fused-ring (bicyclic) bond motifs is 1. The number of rotatable bonds is 5. The molecule has 1 aliphatic rings. The van der Waals surface area contributed by atoms with Gasteiger partial charge in [-0.05, 0) is 30.9 Å². The third-order valence-corrected chi connectivity index (χ3v) is 4.71. The number of nitrogens with two attached hydrogens (primary N) is 1. The van der Waals surface area contributed by atoms with Crippen molar-refractivity contribution in [2.75, 3.05) is 6.54 Å². The molecule has 1 aromatic heterocycles. The molecule has 1 aliphatic heterocycles. The number of hydrogen-bond acceptors (Lipinski definition) is 4. The highest BCUT2D eigenvalue weighted by Gasteiger charge is 2.32. The van der Waals surface area contributed by atoms with Crippen molar-refractivity contribution in [3.8, 4) is 5.75 Å². The second kappa shape index (κ2) is 5.79. The maximum Gasteiger partial charge on any atom is 0.128 e. The monoisotopic (exact) mass is 302 g/mol. The van der Waals surface area contributed by atoms with Gasteiger partial charge in [-0.15, -0.1) is 11.3 Å². The molecule has 1 unspecified atom stereocenters. The molecule has 3 nitrogen and oxygen atoms in total. The minimum absolute atomic E-state index is 0.120. The fraction of sp³-hybridized carbons (Fsp3) is 0.412. The first-order chi connectivity index (χ1) is 10.1. The van der Waals surface area contributed by atoms with Crippen molar-refractivity contribution >= 4 is 11.3 Å². The first-order valence-corrected chi connectivity index (χ1v) is 8.24. The molecular formula is C17H22N2OS. The molecule has 0 saturated carbocycles. The van der Waals surface area contributed by atoms with Crippen LogP contribution in [-0.2, 0) is 13.0 Å². The number of hydrogen-bond donors (Lipinski definition) is 2. The first-order valence-electron chi connectivity index (χ1n) is 7.36. The van der Waals surface area contributed by atoms with Crippen LogP contribution >= 0.6 is 11.3 Å². The van der Waals surface area contributed by atoms with Gasteiger partial charge in [-0.3, -0.25) is 0 Å². The van der Waals surface area contributed by atoms with Gasteiger partial charge in [0.15, 0.2) is 0 Å². The second-order valence-electron chi connectivity index (χ2n) is 6.12. The van der Waals surface area contributed by atoms with Gasteiger partial charge in [0, 0.05) is 36.0 Å². The van der Waals surface area contributed by atoms with Crippen LogP contribution in [0.25, 0.3) is 0 Å². The molecule has 21 heavy (non-hydrogen) atoms. The van der Waals surface area contributed by atoms with Gasteiger partial charge in [-0.2, -0.15) is 0 Å². The van der Waals surface area contributed by atoms with Gasteiger partial charge >= 0.3 is 0 Å². The summed E-state index contributed by atoms with van der Waals surface area (Å²) in [6, 6.07) is 10.7. The van der Waals surface area contributed by atoms with Crippen molar-refractivity contribution in [1.82, 2.24) is 5.32 Å². The molecule has 2 aromatic rings. The maximum absolute atomic E-state index is 6.15. The third kappa shape index (κ3) is 3.12. The summed E-state index contributed by atoms with van der Waals surface area (Å²) in [5, 5.41) is 5.65. The molecule has 0 fully saturated rings. The van der Waals surface area contributed by atoms with E-state index in [0.717, 1.165) is 18.7 Å². The standard InChI is InChI=1S/C17H22N2OS/c1-17(2)9-12-5-3-7-14(16(12)20-17)15(10-18)19-11-13-6-4-8-21-13/h3-8,15,19H,9-11,18H2,1-2H3. The predicted molar refractivity (Wildman–Crippen MR) is 87.8 cm³/mol. The zero-order valence-corrected chi connectivity index (χ0v) is 13.4. The van der Waals surface area contributed by atoms with Crippen LogP contribution in [0, 0.1) is 0 Å². The Hall–Kier alpha value is -1.36. The van der Waals surface area contributed by atoms with Crippen LogP contribution in [0.2, 0.25) is 0 Å². The summed E-state index contributed by atoms with van der Waals surface area (Å²) in [6.45, 7) is 5.67. The van der Waals surface area contributed by atoms with Crippen LogP contribution in [0.5, 0.6) is 5.75 Å². The fourth-order valence-electron chi connectivity index (χ4n) is 2.87. The Bertz CT molecular complexity index is 607. The Kier molecular flexibility index (Phi) is 4.02. The Balaban J connectivity index is 1.80. The van der Waals surface area contributed by atoms with Crippen molar-refractivity contribution in [2.45, 2.75) is 38.5 Å². The van der Waals surface area contributed by atoms with Crippen molar-refractivity contribution in [1.29, 1.82) is 0 Å². The van der Waals surface area contributed by atoms with Crippen LogP contribution in [0.1, 0.15) is 35.9 Å². The quantitative estimate of drug-likeness (QED) is 0.891. The third-order valence-electron chi connectivity index (χ3n) is 3.84. The van der Waals surface area contributed by atoms with Gasteiger partial charge < -0.3 is 15.8 Å². The lowest BCUT2D eigenvalue weighted by Crippen LogP contribution is -2.29. The molecule has 0 radical (unpaired) electrons. The Labute approximate surface area is 130 Å². The molecule has 0 bridgehead atoms. The average Bonchev–Trinajstić information content (AvgIpc) is 3.05. The van der Waals surface area contributed by atoms with E-state index in [2.05, 4.69) is 54.9 Å². The Morgan fingerprint density at radius 3 is 2.90 bits per heavy atom. The number of para-hydroxylation sites is 1. The number of ether oxygens (including phenoxy) is 1. The van der Waals surface area contributed by atoms with E-state index >= 15 is 0 Å². The van der Waals surface area contributed by atoms with Gasteiger partial charge in [0.05, 0.1) is 0 Å². The summed E-state index contributed by atoms with van der Waals surface area (Å²) in [5.74, 6) is 1.02. The highest BCUT2D eigenvalue weighted by Crippen LogP contribution is 2.39. The summed E-state index contributed by atoms with van der Waals surface area (Å²) in [6.07, 6.45) is 0.957. The van der Waals surface area contributed by atoms with Crippen molar-refractivity contribution in [3.05, 3.63) is 51.7 Å². The van der Waals surface area contributed by atoms with E-state index in [1.165, 1.54) is 16.0 Å². The molecular weight excluding hydrogens is 280 g/mol. The van der Waals surface area contributed by atoms with E-state index in [-0.39, 0.29) is 11.6 Å². The number of nitrogens with one attached hydrogen (secondary N) is 1. The summed E-state index contributed by atoms with van der Waals surface area (Å²) < 4.78 is 6.15. The molecule has 2 heterocycles. The first kappa shape index (κ1) is 14.6. The van der Waals surface area contributed by atoms with Gasteiger partial charge in [-0.25, -0.2) is 0 Å². The highest BCUT2D eigenvalue weighted by atomic mass is 32.1. The lowest BCUT2D eigenvalue weighted by molar-refractivity contribution is 0.136. The van der Waals surface area contributed by atoms with E-state index < -0.39 is 0 Å². The van der Waals surface area contributed by atoms with Gasteiger partial charge in [0.2, 0.25) is 0 Å². The molecule has 3 N–H and O–H groups in total. The van der Waals surface area contributed by atoms with Crippen LogP contribution in [0.3, 0.4) is 0 Å². The Morgan fingerprint density at radius 1 is 1.33 bits per heavy atom. The average molecular weight is 302 g/mol. The molecule has 0 spiro atoms. The summed E-state index contributed by atoms with van der Waals surface area (Å²) in [5.41, 5.74) is 8.34. The number of thiophene rings is 1. The maximum atomic E-state index is 6.15. The smallest absolute Gasteiger partial charge is 0.128 e. The summed E-state index contributed by atoms with van der Waals surface area (Å²) in [7, 11) is 0. The zero-order chi connectivity index (χ0) is 14.9. The Morgan fingerprint density at radius 2 is 2.19 bits per heavy atom. The molecule has 0 saturated heterocycles. The summed E-state index contributed by atoms with van der Waals surface area (Å²) >= 11 is 1.76. The SMILES string of the molecule is CC1(C)Cc2cccc(C(CN)NCc3cccs3)c2O1. The zero-order valence-electron chi connectivity index (χ0n) is 12.6. The predicted octanol–water partition coefficient (Wildman–Crippen LogP) is 3.25. The molecule has 1 aromatic carbocycles. The minimum Gasteiger partial charge on any atom is -0.487 e. The van der Waals surface area contributed by atoms with E-state index in [4.69, 9.17) is 10.5 Å². The van der Waals surface area contributed by atoms with Crippen LogP contribution in [0.15, 0.2) is 35.7 Å². The van der Waals surface area contributed by atoms with E-state index in [1.54, 1.807) is 11.3 Å². The molecule has 3 rings (SSSR count). The van der Waals surface area contributed by atoms with E-state index in [9.17, 15) is 0 Å².